The number of nitrogens with one attached hydrogen (secondary N) is 1. The molecule has 0 aliphatic heterocycles. The van der Waals surface area contributed by atoms with Crippen LogP contribution < -0.4 is 5.32 Å². The molecular formula is C11H22N4. The van der Waals surface area contributed by atoms with E-state index >= 15 is 0 Å². The summed E-state index contributed by atoms with van der Waals surface area (Å²) in [5.41, 5.74) is 1.25. The van der Waals surface area contributed by atoms with E-state index in [0.717, 1.165) is 19.6 Å². The Labute approximate surface area is 92.3 Å². The fraction of sp³-hybridized carbons (Fsp3) is 0.727. The van der Waals surface area contributed by atoms with Gasteiger partial charge in [0.05, 0.1) is 12.7 Å². The minimum Gasteiger partial charge on any atom is -0.310 e. The van der Waals surface area contributed by atoms with Crippen LogP contribution in [-0.4, -0.2) is 41.4 Å². The van der Waals surface area contributed by atoms with Crippen LogP contribution in [0.1, 0.15) is 19.4 Å². The zero-order chi connectivity index (χ0) is 11.3. The second kappa shape index (κ2) is 5.88. The summed E-state index contributed by atoms with van der Waals surface area (Å²) in [6, 6.07) is 0.523. The van der Waals surface area contributed by atoms with Crippen molar-refractivity contribution in [2.45, 2.75) is 33.0 Å². The van der Waals surface area contributed by atoms with Gasteiger partial charge in [0.1, 0.15) is 0 Å². The third-order valence-corrected chi connectivity index (χ3v) is 2.18. The first kappa shape index (κ1) is 12.2. The summed E-state index contributed by atoms with van der Waals surface area (Å²) < 4.78 is 2.00. The lowest BCUT2D eigenvalue weighted by Gasteiger charge is -2.08. The van der Waals surface area contributed by atoms with Gasteiger partial charge in [-0.15, -0.1) is 0 Å². The van der Waals surface area contributed by atoms with Crippen molar-refractivity contribution in [3.63, 3.8) is 0 Å². The van der Waals surface area contributed by atoms with Gasteiger partial charge in [-0.25, -0.2) is 0 Å². The van der Waals surface area contributed by atoms with Crippen LogP contribution in [0, 0.1) is 0 Å². The minimum atomic E-state index is 0.523. The van der Waals surface area contributed by atoms with Crippen LogP contribution in [-0.2, 0) is 13.1 Å². The van der Waals surface area contributed by atoms with Gasteiger partial charge in [-0.1, -0.05) is 13.8 Å². The normalized spacial score (nSPS) is 11.6. The highest BCUT2D eigenvalue weighted by molar-refractivity contribution is 5.03. The smallest absolute Gasteiger partial charge is 0.0536 e. The molecule has 0 unspecified atom stereocenters. The Balaban J connectivity index is 2.35. The van der Waals surface area contributed by atoms with Gasteiger partial charge in [-0.3, -0.25) is 4.68 Å². The highest BCUT2D eigenvalue weighted by Crippen LogP contribution is 1.98. The lowest BCUT2D eigenvalue weighted by molar-refractivity contribution is 0.373. The molecular weight excluding hydrogens is 188 g/mol. The van der Waals surface area contributed by atoms with Crippen LogP contribution in [0.2, 0.25) is 0 Å². The van der Waals surface area contributed by atoms with Crippen LogP contribution >= 0.6 is 0 Å². The van der Waals surface area contributed by atoms with Crippen LogP contribution in [0.3, 0.4) is 0 Å². The Morgan fingerprint density at radius 2 is 2.20 bits per heavy atom. The van der Waals surface area contributed by atoms with E-state index in [4.69, 9.17) is 0 Å². The fourth-order valence-electron chi connectivity index (χ4n) is 1.24. The lowest BCUT2D eigenvalue weighted by atomic mass is 10.3. The molecule has 4 nitrogen and oxygen atoms in total. The van der Waals surface area contributed by atoms with E-state index in [1.54, 1.807) is 0 Å². The highest BCUT2D eigenvalue weighted by atomic mass is 15.3. The van der Waals surface area contributed by atoms with Gasteiger partial charge in [0.15, 0.2) is 0 Å². The first-order valence-corrected chi connectivity index (χ1v) is 5.47. The topological polar surface area (TPSA) is 33.1 Å². The second-order valence-electron chi connectivity index (χ2n) is 4.45. The van der Waals surface area contributed by atoms with E-state index in [2.05, 4.69) is 49.5 Å². The summed E-state index contributed by atoms with van der Waals surface area (Å²) in [5.74, 6) is 0. The summed E-state index contributed by atoms with van der Waals surface area (Å²) >= 11 is 0. The molecule has 0 aliphatic rings. The van der Waals surface area contributed by atoms with Gasteiger partial charge >= 0.3 is 0 Å². The molecule has 1 N–H and O–H groups in total. The van der Waals surface area contributed by atoms with Gasteiger partial charge < -0.3 is 10.2 Å². The quantitative estimate of drug-likeness (QED) is 0.758. The number of rotatable bonds is 6. The number of likely N-dealkylation sites (N-methyl/N-ethyl adjacent to an activating group) is 1. The predicted molar refractivity (Wildman–Crippen MR) is 62.8 cm³/mol. The van der Waals surface area contributed by atoms with E-state index in [-0.39, 0.29) is 0 Å². The molecule has 1 aromatic heterocycles. The molecule has 1 heterocycles. The summed E-state index contributed by atoms with van der Waals surface area (Å²) in [7, 11) is 4.15. The highest BCUT2D eigenvalue weighted by Gasteiger charge is 1.99. The number of nitrogens with zero attached hydrogens (tertiary/aromatic N) is 3. The monoisotopic (exact) mass is 210 g/mol. The van der Waals surface area contributed by atoms with Gasteiger partial charge in [0, 0.05) is 30.9 Å². The standard InChI is InChI=1S/C11H22N4/c1-10(2)12-7-11-8-13-15(9-11)6-5-14(3)4/h8-10,12H,5-7H2,1-4H3. The largest absolute Gasteiger partial charge is 0.310 e. The van der Waals surface area contributed by atoms with Crippen LogP contribution in [0.5, 0.6) is 0 Å². The van der Waals surface area contributed by atoms with E-state index in [0.29, 0.717) is 6.04 Å². The SMILES string of the molecule is CC(C)NCc1cnn(CCN(C)C)c1. The van der Waals surface area contributed by atoms with Crippen LogP contribution in [0.25, 0.3) is 0 Å². The van der Waals surface area contributed by atoms with Gasteiger partial charge in [0.2, 0.25) is 0 Å². The molecule has 0 saturated carbocycles. The Morgan fingerprint density at radius 1 is 1.47 bits per heavy atom. The maximum atomic E-state index is 4.32. The van der Waals surface area contributed by atoms with Gasteiger partial charge in [-0.2, -0.15) is 5.10 Å². The third kappa shape index (κ3) is 4.95. The van der Waals surface area contributed by atoms with Crippen LogP contribution in [0.15, 0.2) is 12.4 Å². The maximum Gasteiger partial charge on any atom is 0.0536 e. The molecule has 0 fully saturated rings. The Morgan fingerprint density at radius 3 is 2.80 bits per heavy atom. The van der Waals surface area contributed by atoms with Gasteiger partial charge in [-0.05, 0) is 14.1 Å². The Kier molecular flexibility index (Phi) is 4.78. The van der Waals surface area contributed by atoms with Crippen molar-refractivity contribution in [1.82, 2.24) is 20.0 Å². The van der Waals surface area contributed by atoms with Crippen molar-refractivity contribution < 1.29 is 0 Å². The summed E-state index contributed by atoms with van der Waals surface area (Å²) in [6.07, 6.45) is 4.05. The van der Waals surface area contributed by atoms with Crippen molar-refractivity contribution in [2.24, 2.45) is 0 Å². The molecule has 0 atom stereocenters. The van der Waals surface area contributed by atoms with Crippen molar-refractivity contribution in [2.75, 3.05) is 20.6 Å². The maximum absolute atomic E-state index is 4.32. The molecule has 4 heteroatoms. The lowest BCUT2D eigenvalue weighted by Crippen LogP contribution is -2.21. The van der Waals surface area contributed by atoms with E-state index in [1.165, 1.54) is 5.56 Å². The molecule has 1 rings (SSSR count). The average Bonchev–Trinajstić information content (AvgIpc) is 2.59. The Hall–Kier alpha value is -0.870. The average molecular weight is 210 g/mol. The summed E-state index contributed by atoms with van der Waals surface area (Å²) in [6.45, 7) is 7.18. The van der Waals surface area contributed by atoms with Crippen molar-refractivity contribution in [3.05, 3.63) is 18.0 Å². The molecule has 0 saturated heterocycles. The molecule has 0 bridgehead atoms. The molecule has 86 valence electrons. The molecule has 0 spiro atoms. The fourth-order valence-corrected chi connectivity index (χ4v) is 1.24. The number of hydrogen-bond donors (Lipinski definition) is 1. The number of hydrogen-bond acceptors (Lipinski definition) is 3. The van der Waals surface area contributed by atoms with E-state index in [1.807, 2.05) is 10.9 Å². The minimum absolute atomic E-state index is 0.523. The molecule has 0 aromatic carbocycles. The van der Waals surface area contributed by atoms with E-state index in [9.17, 15) is 0 Å². The number of aromatic nitrogens is 2. The van der Waals surface area contributed by atoms with Crippen LogP contribution in [0.4, 0.5) is 0 Å². The van der Waals surface area contributed by atoms with Gasteiger partial charge in [0.25, 0.3) is 0 Å². The third-order valence-electron chi connectivity index (χ3n) is 2.18. The second-order valence-corrected chi connectivity index (χ2v) is 4.45. The molecule has 1 aromatic rings. The first-order valence-electron chi connectivity index (χ1n) is 5.47. The zero-order valence-electron chi connectivity index (χ0n) is 10.2. The Bertz CT molecular complexity index is 251. The molecule has 0 amide bonds. The molecule has 0 aliphatic carbocycles. The summed E-state index contributed by atoms with van der Waals surface area (Å²) in [5, 5.41) is 7.69. The first-order chi connectivity index (χ1) is 7.08. The predicted octanol–water partition coefficient (Wildman–Crippen LogP) is 0.943. The zero-order valence-corrected chi connectivity index (χ0v) is 10.2. The molecule has 15 heavy (non-hydrogen) atoms. The van der Waals surface area contributed by atoms with Crippen molar-refractivity contribution in [1.29, 1.82) is 0 Å². The van der Waals surface area contributed by atoms with Crippen molar-refractivity contribution >= 4 is 0 Å². The van der Waals surface area contributed by atoms with E-state index < -0.39 is 0 Å². The molecule has 0 radical (unpaired) electrons. The summed E-state index contributed by atoms with van der Waals surface area (Å²) in [4.78, 5) is 2.16. The van der Waals surface area contributed by atoms with Crippen molar-refractivity contribution in [3.8, 4) is 0 Å².